The maximum Gasteiger partial charge on any atom is 0.329 e. The number of hydrogen-bond acceptors (Lipinski definition) is 3. The number of carbonyl (C=O) groups is 1. The average Bonchev–Trinajstić information content (AvgIpc) is 2.59. The Morgan fingerprint density at radius 2 is 1.71 bits per heavy atom. The fourth-order valence-electron chi connectivity index (χ4n) is 3.31. The van der Waals surface area contributed by atoms with Gasteiger partial charge in [-0.1, -0.05) is 30.3 Å². The third kappa shape index (κ3) is 2.00. The molecule has 0 aliphatic carbocycles. The maximum absolute atomic E-state index is 12.8. The lowest BCUT2D eigenvalue weighted by molar-refractivity contribution is -0.122. The summed E-state index contributed by atoms with van der Waals surface area (Å²) in [6.45, 7) is 0. The number of fused-ring (bicyclic) bond motifs is 2. The van der Waals surface area contributed by atoms with Crippen LogP contribution in [-0.2, 0) is 11.2 Å². The fraction of sp³-hybridized carbons (Fsp3) is 0.167. The number of benzene rings is 2. The summed E-state index contributed by atoms with van der Waals surface area (Å²) in [5, 5.41) is 0.395. The summed E-state index contributed by atoms with van der Waals surface area (Å²) in [6.07, 6.45) is 0.320. The molecule has 1 aliphatic rings. The largest absolute Gasteiger partial charge is 0.329 e. The minimum absolute atomic E-state index is 0.267. The number of H-pyrrole nitrogens is 1. The van der Waals surface area contributed by atoms with E-state index in [1.165, 1.54) is 4.90 Å². The van der Waals surface area contributed by atoms with Crippen LogP contribution in [0, 0.1) is 0 Å². The van der Waals surface area contributed by atoms with E-state index in [2.05, 4.69) is 4.98 Å². The lowest BCUT2D eigenvalue weighted by Crippen LogP contribution is -2.48. The number of rotatable bonds is 1. The van der Waals surface area contributed by atoms with Crippen molar-refractivity contribution in [2.45, 2.75) is 12.5 Å². The zero-order chi connectivity index (χ0) is 16.8. The quantitative estimate of drug-likeness (QED) is 0.737. The lowest BCUT2D eigenvalue weighted by atomic mass is 9.97. The number of nitrogens with one attached hydrogen (secondary N) is 1. The van der Waals surface area contributed by atoms with Crippen LogP contribution < -0.4 is 16.1 Å². The fourth-order valence-corrected chi connectivity index (χ4v) is 3.31. The van der Waals surface area contributed by atoms with Gasteiger partial charge in [-0.2, -0.15) is 0 Å². The number of aromatic nitrogens is 2. The monoisotopic (exact) mass is 321 g/mol. The van der Waals surface area contributed by atoms with Gasteiger partial charge in [-0.25, -0.2) is 9.36 Å². The Morgan fingerprint density at radius 1 is 1.00 bits per heavy atom. The SMILES string of the molecule is CN1C(=O)C(n2c(=O)[nH]c3ccccc3c2=O)Cc2ccccc21. The van der Waals surface area contributed by atoms with Gasteiger partial charge in [0, 0.05) is 19.2 Å². The van der Waals surface area contributed by atoms with Crippen molar-refractivity contribution in [3.63, 3.8) is 0 Å². The van der Waals surface area contributed by atoms with E-state index in [-0.39, 0.29) is 5.91 Å². The van der Waals surface area contributed by atoms with Crippen molar-refractivity contribution < 1.29 is 4.79 Å². The first kappa shape index (κ1) is 14.4. The highest BCUT2D eigenvalue weighted by Crippen LogP contribution is 2.30. The van der Waals surface area contributed by atoms with Crippen LogP contribution in [0.15, 0.2) is 58.1 Å². The second-order valence-corrected chi connectivity index (χ2v) is 5.90. The molecule has 1 atom stereocenters. The number of hydrogen-bond donors (Lipinski definition) is 1. The highest BCUT2D eigenvalue weighted by atomic mass is 16.2. The van der Waals surface area contributed by atoms with E-state index in [1.807, 2.05) is 24.3 Å². The number of likely N-dealkylation sites (N-methyl/N-ethyl adjacent to an activating group) is 1. The van der Waals surface area contributed by atoms with Gasteiger partial charge in [0.1, 0.15) is 6.04 Å². The summed E-state index contributed by atoms with van der Waals surface area (Å²) >= 11 is 0. The normalized spacial score (nSPS) is 17.1. The van der Waals surface area contributed by atoms with Gasteiger partial charge >= 0.3 is 5.69 Å². The standard InChI is InChI=1S/C18H15N3O3/c1-20-14-9-5-2-6-11(14)10-15(17(20)23)21-16(22)12-7-3-4-8-13(12)19-18(21)24/h2-9,15H,10H2,1H3,(H,19,24). The van der Waals surface area contributed by atoms with Crippen molar-refractivity contribution in [2.75, 3.05) is 11.9 Å². The zero-order valence-corrected chi connectivity index (χ0v) is 13.0. The summed E-state index contributed by atoms with van der Waals surface area (Å²) < 4.78 is 1.04. The Labute approximate surface area is 137 Å². The first-order valence-corrected chi connectivity index (χ1v) is 7.67. The minimum atomic E-state index is -0.842. The average molecular weight is 321 g/mol. The summed E-state index contributed by atoms with van der Waals surface area (Å²) in [7, 11) is 1.66. The molecule has 24 heavy (non-hydrogen) atoms. The molecule has 1 N–H and O–H groups in total. The zero-order valence-electron chi connectivity index (χ0n) is 13.0. The van der Waals surface area contributed by atoms with E-state index < -0.39 is 17.3 Å². The van der Waals surface area contributed by atoms with Crippen molar-refractivity contribution in [3.05, 3.63) is 74.9 Å². The van der Waals surface area contributed by atoms with Crippen LogP contribution in [0.5, 0.6) is 0 Å². The number of nitrogens with zero attached hydrogens (tertiary/aromatic N) is 2. The molecule has 6 heteroatoms. The number of carbonyl (C=O) groups excluding carboxylic acids is 1. The Balaban J connectivity index is 1.94. The van der Waals surface area contributed by atoms with Gasteiger partial charge in [0.15, 0.2) is 0 Å². The molecule has 0 spiro atoms. The molecule has 0 saturated carbocycles. The first-order chi connectivity index (χ1) is 11.6. The predicted octanol–water partition coefficient (Wildman–Crippen LogP) is 1.45. The van der Waals surface area contributed by atoms with E-state index >= 15 is 0 Å². The highest BCUT2D eigenvalue weighted by Gasteiger charge is 2.33. The second kappa shape index (κ2) is 5.19. The molecule has 0 bridgehead atoms. The van der Waals surface area contributed by atoms with Crippen molar-refractivity contribution in [1.82, 2.24) is 9.55 Å². The van der Waals surface area contributed by atoms with E-state index in [0.29, 0.717) is 17.3 Å². The Hall–Kier alpha value is -3.15. The van der Waals surface area contributed by atoms with Crippen LogP contribution >= 0.6 is 0 Å². The molecule has 120 valence electrons. The topological polar surface area (TPSA) is 75.2 Å². The van der Waals surface area contributed by atoms with Gasteiger partial charge in [-0.05, 0) is 23.8 Å². The third-order valence-corrected chi connectivity index (χ3v) is 4.53. The number of anilines is 1. The Morgan fingerprint density at radius 3 is 2.54 bits per heavy atom. The van der Waals surface area contributed by atoms with Gasteiger partial charge in [-0.15, -0.1) is 0 Å². The van der Waals surface area contributed by atoms with E-state index in [1.54, 1.807) is 31.3 Å². The molecule has 0 fully saturated rings. The van der Waals surface area contributed by atoms with Crippen molar-refractivity contribution in [1.29, 1.82) is 0 Å². The first-order valence-electron chi connectivity index (χ1n) is 7.67. The molecule has 0 radical (unpaired) electrons. The van der Waals surface area contributed by atoms with E-state index in [9.17, 15) is 14.4 Å². The van der Waals surface area contributed by atoms with E-state index in [4.69, 9.17) is 0 Å². The molecule has 1 amide bonds. The molecule has 1 aromatic heterocycles. The van der Waals surface area contributed by atoms with Crippen molar-refractivity contribution in [2.24, 2.45) is 0 Å². The Bertz CT molecular complexity index is 1080. The van der Waals surface area contributed by atoms with Crippen LogP contribution in [-0.4, -0.2) is 22.5 Å². The van der Waals surface area contributed by atoms with Crippen molar-refractivity contribution >= 4 is 22.5 Å². The van der Waals surface area contributed by atoms with Crippen LogP contribution in [0.3, 0.4) is 0 Å². The van der Waals surface area contributed by atoms with Gasteiger partial charge in [0.05, 0.1) is 10.9 Å². The van der Waals surface area contributed by atoms with Crippen LogP contribution in [0.4, 0.5) is 5.69 Å². The number of aromatic amines is 1. The molecule has 3 aromatic rings. The predicted molar refractivity (Wildman–Crippen MR) is 91.4 cm³/mol. The summed E-state index contributed by atoms with van der Waals surface area (Å²) in [4.78, 5) is 42.2. The molecule has 6 nitrogen and oxygen atoms in total. The van der Waals surface area contributed by atoms with Gasteiger partial charge in [-0.3, -0.25) is 9.59 Å². The molecular formula is C18H15N3O3. The molecule has 4 rings (SSSR count). The molecule has 2 aromatic carbocycles. The molecule has 1 aliphatic heterocycles. The Kier molecular flexibility index (Phi) is 3.13. The number of amides is 1. The summed E-state index contributed by atoms with van der Waals surface area (Å²) in [6, 6.07) is 13.5. The van der Waals surface area contributed by atoms with E-state index in [0.717, 1.165) is 15.8 Å². The van der Waals surface area contributed by atoms with Crippen LogP contribution in [0.2, 0.25) is 0 Å². The minimum Gasteiger partial charge on any atom is -0.313 e. The lowest BCUT2D eigenvalue weighted by Gasteiger charge is -2.31. The molecular weight excluding hydrogens is 306 g/mol. The summed E-state index contributed by atoms with van der Waals surface area (Å²) in [5.74, 6) is -0.267. The second-order valence-electron chi connectivity index (χ2n) is 5.90. The van der Waals surface area contributed by atoms with Crippen molar-refractivity contribution in [3.8, 4) is 0 Å². The smallest absolute Gasteiger partial charge is 0.313 e. The molecule has 1 unspecified atom stereocenters. The highest BCUT2D eigenvalue weighted by molar-refractivity contribution is 5.98. The van der Waals surface area contributed by atoms with Gasteiger partial charge in [0.25, 0.3) is 5.56 Å². The van der Waals surface area contributed by atoms with Gasteiger partial charge < -0.3 is 9.88 Å². The molecule has 2 heterocycles. The maximum atomic E-state index is 12.8. The van der Waals surface area contributed by atoms with Gasteiger partial charge in [0.2, 0.25) is 5.91 Å². The molecule has 0 saturated heterocycles. The van der Waals surface area contributed by atoms with Crippen LogP contribution in [0.25, 0.3) is 10.9 Å². The van der Waals surface area contributed by atoms with Crippen LogP contribution in [0.1, 0.15) is 11.6 Å². The summed E-state index contributed by atoms with van der Waals surface area (Å²) in [5.41, 5.74) is 1.21. The third-order valence-electron chi connectivity index (χ3n) is 4.53. The number of para-hydroxylation sites is 2.